The summed E-state index contributed by atoms with van der Waals surface area (Å²) in [5.74, 6) is 0.119. The Hall–Kier alpha value is -1.84. The number of carbonyl (C=O) groups is 2. The number of benzene rings is 1. The third-order valence-electron chi connectivity index (χ3n) is 4.23. The zero-order chi connectivity index (χ0) is 14.1. The van der Waals surface area contributed by atoms with Crippen LogP contribution in [-0.2, 0) is 27.3 Å². The van der Waals surface area contributed by atoms with E-state index in [9.17, 15) is 9.59 Å². The van der Waals surface area contributed by atoms with Crippen molar-refractivity contribution in [2.24, 2.45) is 11.8 Å². The normalized spacial score (nSPS) is 23.9. The van der Waals surface area contributed by atoms with Crippen LogP contribution in [0, 0.1) is 11.8 Å². The SMILES string of the molecule is CC1CC1C(=O)OCC(=O)N1CCc2ccccc2C1. The standard InChI is InChI=1S/C16H19NO3/c1-11-8-14(11)16(19)20-10-15(18)17-7-6-12-4-2-3-5-13(12)9-17/h2-5,11,14H,6-10H2,1H3. The summed E-state index contributed by atoms with van der Waals surface area (Å²) >= 11 is 0. The summed E-state index contributed by atoms with van der Waals surface area (Å²) in [6.45, 7) is 3.22. The number of ether oxygens (including phenoxy) is 1. The first kappa shape index (κ1) is 13.2. The van der Waals surface area contributed by atoms with Crippen LogP contribution in [0.1, 0.15) is 24.5 Å². The van der Waals surface area contributed by atoms with Gasteiger partial charge >= 0.3 is 5.97 Å². The van der Waals surface area contributed by atoms with Crippen molar-refractivity contribution in [2.45, 2.75) is 26.3 Å². The minimum absolute atomic E-state index is 0.0184. The second kappa shape index (κ2) is 5.27. The van der Waals surface area contributed by atoms with Crippen molar-refractivity contribution >= 4 is 11.9 Å². The van der Waals surface area contributed by atoms with Gasteiger partial charge in [0.25, 0.3) is 5.91 Å². The van der Waals surface area contributed by atoms with Crippen LogP contribution in [0.2, 0.25) is 0 Å². The lowest BCUT2D eigenvalue weighted by Crippen LogP contribution is -2.38. The van der Waals surface area contributed by atoms with Crippen LogP contribution in [0.5, 0.6) is 0 Å². The molecule has 0 spiro atoms. The number of rotatable bonds is 3. The Balaban J connectivity index is 1.52. The molecule has 1 fully saturated rings. The Bertz CT molecular complexity index is 540. The summed E-state index contributed by atoms with van der Waals surface area (Å²) < 4.78 is 5.11. The topological polar surface area (TPSA) is 46.6 Å². The van der Waals surface area contributed by atoms with Gasteiger partial charge in [-0.1, -0.05) is 31.2 Å². The molecule has 1 aromatic carbocycles. The van der Waals surface area contributed by atoms with E-state index in [1.165, 1.54) is 11.1 Å². The number of hydrogen-bond donors (Lipinski definition) is 0. The maximum atomic E-state index is 12.1. The van der Waals surface area contributed by atoms with Crippen LogP contribution in [-0.4, -0.2) is 29.9 Å². The molecule has 2 aliphatic rings. The van der Waals surface area contributed by atoms with E-state index in [1.807, 2.05) is 25.1 Å². The van der Waals surface area contributed by atoms with Crippen LogP contribution in [0.25, 0.3) is 0 Å². The van der Waals surface area contributed by atoms with Gasteiger partial charge in [0.05, 0.1) is 5.92 Å². The quantitative estimate of drug-likeness (QED) is 0.789. The lowest BCUT2D eigenvalue weighted by molar-refractivity contribution is -0.153. The smallest absolute Gasteiger partial charge is 0.309 e. The third kappa shape index (κ3) is 2.69. The molecule has 0 saturated heterocycles. The van der Waals surface area contributed by atoms with Gasteiger partial charge in [-0.15, -0.1) is 0 Å². The molecule has 1 saturated carbocycles. The van der Waals surface area contributed by atoms with Gasteiger partial charge in [0, 0.05) is 13.1 Å². The summed E-state index contributed by atoms with van der Waals surface area (Å²) in [5, 5.41) is 0. The maximum Gasteiger partial charge on any atom is 0.309 e. The Labute approximate surface area is 118 Å². The van der Waals surface area contributed by atoms with Crippen molar-refractivity contribution in [2.75, 3.05) is 13.2 Å². The molecule has 1 heterocycles. The molecular formula is C16H19NO3. The molecule has 20 heavy (non-hydrogen) atoms. The van der Waals surface area contributed by atoms with Crippen molar-refractivity contribution in [1.82, 2.24) is 4.90 Å². The second-order valence-electron chi connectivity index (χ2n) is 5.76. The molecule has 0 bridgehead atoms. The molecule has 4 nitrogen and oxygen atoms in total. The van der Waals surface area contributed by atoms with Gasteiger partial charge in [-0.3, -0.25) is 9.59 Å². The highest BCUT2D eigenvalue weighted by atomic mass is 16.5. The molecule has 0 radical (unpaired) electrons. The third-order valence-corrected chi connectivity index (χ3v) is 4.23. The molecule has 2 unspecified atom stereocenters. The predicted octanol–water partition coefficient (Wildman–Crippen LogP) is 1.77. The highest BCUT2D eigenvalue weighted by Gasteiger charge is 2.40. The first-order valence-corrected chi connectivity index (χ1v) is 7.16. The first-order valence-electron chi connectivity index (χ1n) is 7.16. The van der Waals surface area contributed by atoms with E-state index in [4.69, 9.17) is 4.74 Å². The second-order valence-corrected chi connectivity index (χ2v) is 5.76. The lowest BCUT2D eigenvalue weighted by atomic mass is 10.00. The van der Waals surface area contributed by atoms with Crippen LogP contribution < -0.4 is 0 Å². The molecule has 1 aromatic rings. The van der Waals surface area contributed by atoms with Crippen LogP contribution in [0.15, 0.2) is 24.3 Å². The molecule has 1 aliphatic heterocycles. The average molecular weight is 273 g/mol. The molecule has 3 rings (SSSR count). The summed E-state index contributed by atoms with van der Waals surface area (Å²) in [4.78, 5) is 25.5. The van der Waals surface area contributed by atoms with Gasteiger partial charge in [-0.2, -0.15) is 0 Å². The summed E-state index contributed by atoms with van der Waals surface area (Å²) in [6.07, 6.45) is 1.76. The minimum Gasteiger partial charge on any atom is -0.455 e. The molecule has 0 aromatic heterocycles. The number of amides is 1. The Morgan fingerprint density at radius 3 is 2.70 bits per heavy atom. The van der Waals surface area contributed by atoms with E-state index in [0.717, 1.165) is 12.8 Å². The number of hydrogen-bond acceptors (Lipinski definition) is 3. The molecule has 106 valence electrons. The Kier molecular flexibility index (Phi) is 3.47. The largest absolute Gasteiger partial charge is 0.455 e. The average Bonchev–Trinajstić information content (AvgIpc) is 3.21. The van der Waals surface area contributed by atoms with Crippen molar-refractivity contribution < 1.29 is 14.3 Å². The van der Waals surface area contributed by atoms with Gasteiger partial charge in [0.15, 0.2) is 6.61 Å². The molecule has 1 aliphatic carbocycles. The molecule has 0 N–H and O–H groups in total. The molecule has 2 atom stereocenters. The predicted molar refractivity (Wildman–Crippen MR) is 73.8 cm³/mol. The first-order chi connectivity index (χ1) is 9.65. The Morgan fingerprint density at radius 2 is 2.00 bits per heavy atom. The van der Waals surface area contributed by atoms with E-state index >= 15 is 0 Å². The van der Waals surface area contributed by atoms with E-state index < -0.39 is 0 Å². The van der Waals surface area contributed by atoms with Crippen LogP contribution >= 0.6 is 0 Å². The van der Waals surface area contributed by atoms with Gasteiger partial charge in [0.1, 0.15) is 0 Å². The van der Waals surface area contributed by atoms with Crippen molar-refractivity contribution in [3.8, 4) is 0 Å². The Morgan fingerprint density at radius 1 is 1.30 bits per heavy atom. The monoisotopic (exact) mass is 273 g/mol. The maximum absolute atomic E-state index is 12.1. The van der Waals surface area contributed by atoms with E-state index in [0.29, 0.717) is 19.0 Å². The van der Waals surface area contributed by atoms with Gasteiger partial charge in [-0.05, 0) is 29.9 Å². The van der Waals surface area contributed by atoms with Crippen molar-refractivity contribution in [1.29, 1.82) is 0 Å². The van der Waals surface area contributed by atoms with Gasteiger partial charge < -0.3 is 9.64 Å². The number of esters is 1. The molecule has 1 amide bonds. The molecular weight excluding hydrogens is 254 g/mol. The van der Waals surface area contributed by atoms with Crippen molar-refractivity contribution in [3.05, 3.63) is 35.4 Å². The van der Waals surface area contributed by atoms with Crippen molar-refractivity contribution in [3.63, 3.8) is 0 Å². The lowest BCUT2D eigenvalue weighted by Gasteiger charge is -2.28. The zero-order valence-corrected chi connectivity index (χ0v) is 11.7. The number of nitrogens with zero attached hydrogens (tertiary/aromatic N) is 1. The summed E-state index contributed by atoms with van der Waals surface area (Å²) in [7, 11) is 0. The van der Waals surface area contributed by atoms with E-state index in [-0.39, 0.29) is 24.4 Å². The van der Waals surface area contributed by atoms with E-state index in [1.54, 1.807) is 4.90 Å². The highest BCUT2D eigenvalue weighted by molar-refractivity contribution is 5.82. The fraction of sp³-hybridized carbons (Fsp3) is 0.500. The zero-order valence-electron chi connectivity index (χ0n) is 11.7. The highest BCUT2D eigenvalue weighted by Crippen LogP contribution is 2.38. The molecule has 4 heteroatoms. The van der Waals surface area contributed by atoms with Gasteiger partial charge in [0.2, 0.25) is 0 Å². The summed E-state index contributed by atoms with van der Waals surface area (Å²) in [5.41, 5.74) is 2.49. The fourth-order valence-electron chi connectivity index (χ4n) is 2.69. The van der Waals surface area contributed by atoms with Crippen LogP contribution in [0.3, 0.4) is 0 Å². The van der Waals surface area contributed by atoms with Gasteiger partial charge in [-0.25, -0.2) is 0 Å². The van der Waals surface area contributed by atoms with Crippen LogP contribution in [0.4, 0.5) is 0 Å². The van der Waals surface area contributed by atoms with E-state index in [2.05, 4.69) is 6.07 Å². The number of fused-ring (bicyclic) bond motifs is 1. The summed E-state index contributed by atoms with van der Waals surface area (Å²) in [6, 6.07) is 8.16. The minimum atomic E-state index is -0.219. The fourth-order valence-corrected chi connectivity index (χ4v) is 2.69. The number of carbonyl (C=O) groups excluding carboxylic acids is 2.